The molecule has 30 nitrogen and oxygen atoms in total. The van der Waals surface area contributed by atoms with Crippen LogP contribution >= 0.6 is 12.6 Å². The van der Waals surface area contributed by atoms with Crippen molar-refractivity contribution >= 4 is 101 Å². The average Bonchev–Trinajstić information content (AvgIpc) is 3.27. The van der Waals surface area contributed by atoms with Gasteiger partial charge in [-0.15, -0.1) is 0 Å². The van der Waals surface area contributed by atoms with Crippen molar-refractivity contribution < 1.29 is 68.4 Å². The van der Waals surface area contributed by atoms with E-state index in [2.05, 4.69) is 74.8 Å². The van der Waals surface area contributed by atoms with Gasteiger partial charge in [0.15, 0.2) is 17.1 Å². The standard InChI is InChI=1S/C38H49N15O15S/c39-37(40)42-9-1-2-19(32(62)51-21(10-26(56)57)31(61)45-14-25(55)48-23(15-69)36(67)68)49-33(63)22(11-27(58)59)47-24(54)8-7-20(35(65)66)50-30(60)16-3-5-17(6-4-16)43-12-18-13-44-29-28(46-18)34(64)53-38(41)52-29/h3-6,13,19-23,43,69H,1-2,7-12,14-15H2,(H,45,61)(H,47,54)(H,48,55)(H,49,63)(H,50,60)(H,51,62)(H,56,57)(H,58,59)(H,65,66)(H,67,68)(H4,39,40,42)(H3,41,44,52,53,64). The second-order valence-corrected chi connectivity index (χ2v) is 14.9. The number of carboxylic acid groups (broad SMARTS) is 4. The third-order valence-corrected chi connectivity index (χ3v) is 9.59. The number of aromatic amines is 1. The largest absolute Gasteiger partial charge is 0.481 e. The third kappa shape index (κ3) is 18.6. The van der Waals surface area contributed by atoms with Gasteiger partial charge in [-0.25, -0.2) is 19.6 Å². The fraction of sp³-hybridized carbons (Fsp3) is 0.395. The van der Waals surface area contributed by atoms with Gasteiger partial charge in [-0.05, 0) is 43.5 Å². The molecule has 18 N–H and O–H groups in total. The number of fused-ring (bicyclic) bond motifs is 1. The molecule has 2 aromatic heterocycles. The number of thiol groups is 1. The molecule has 3 rings (SSSR count). The lowest BCUT2D eigenvalue weighted by Gasteiger charge is -2.24. The summed E-state index contributed by atoms with van der Waals surface area (Å²) in [5.74, 6) is -13.5. The van der Waals surface area contributed by atoms with Gasteiger partial charge in [0.05, 0.1) is 37.8 Å². The number of nitrogens with one attached hydrogen (secondary N) is 8. The van der Waals surface area contributed by atoms with Crippen molar-refractivity contribution in [2.24, 2.45) is 16.5 Å². The predicted molar refractivity (Wildman–Crippen MR) is 241 cm³/mol. The number of carbonyl (C=O) groups is 10. The van der Waals surface area contributed by atoms with Crippen LogP contribution in [0.5, 0.6) is 0 Å². The second kappa shape index (κ2) is 26.5. The number of hydrogen-bond donors (Lipinski definition) is 16. The highest BCUT2D eigenvalue weighted by atomic mass is 32.1. The summed E-state index contributed by atoms with van der Waals surface area (Å²) in [6.07, 6.45) is -2.31. The second-order valence-electron chi connectivity index (χ2n) is 14.6. The van der Waals surface area contributed by atoms with Crippen LogP contribution in [0.2, 0.25) is 0 Å². The number of H-pyrrole nitrogens is 1. The zero-order valence-electron chi connectivity index (χ0n) is 36.1. The SMILES string of the molecule is NC(N)=NCCCC(NC(=O)C(CC(=O)O)NC(=O)CCC(NC(=O)c1ccc(NCc2cnc3nc(N)[nH]c(=O)c3n2)cc1)C(=O)O)C(=O)NC(CC(=O)O)C(=O)NCC(=O)NC(CS)C(=O)O. The minimum absolute atomic E-state index is 0.0185. The number of nitrogens with zero attached hydrogens (tertiary/aromatic N) is 4. The number of benzene rings is 1. The molecule has 0 bridgehead atoms. The Bertz CT molecular complexity index is 2500. The van der Waals surface area contributed by atoms with E-state index < -0.39 is 127 Å². The van der Waals surface area contributed by atoms with Gasteiger partial charge < -0.3 is 74.8 Å². The number of aromatic nitrogens is 4. The van der Waals surface area contributed by atoms with Crippen LogP contribution < -0.4 is 60.0 Å². The Morgan fingerprint density at radius 3 is 1.91 bits per heavy atom. The van der Waals surface area contributed by atoms with E-state index in [0.717, 1.165) is 0 Å². The first-order valence-electron chi connectivity index (χ1n) is 20.3. The summed E-state index contributed by atoms with van der Waals surface area (Å²) in [7, 11) is 0. The number of anilines is 2. The number of amides is 6. The van der Waals surface area contributed by atoms with Crippen molar-refractivity contribution in [2.45, 2.75) is 75.3 Å². The van der Waals surface area contributed by atoms with Gasteiger partial charge in [0.2, 0.25) is 35.5 Å². The number of carbonyl (C=O) groups excluding carboxylic acids is 6. The first kappa shape index (κ1) is 54.7. The van der Waals surface area contributed by atoms with Gasteiger partial charge in [0.25, 0.3) is 11.5 Å². The minimum atomic E-state index is -1.90. The topological polar surface area (TPSA) is 498 Å². The van der Waals surface area contributed by atoms with E-state index in [-0.39, 0.29) is 60.3 Å². The molecule has 5 atom stereocenters. The molecular formula is C38H49N15O15S. The molecule has 69 heavy (non-hydrogen) atoms. The third-order valence-electron chi connectivity index (χ3n) is 9.23. The smallest absolute Gasteiger partial charge is 0.327 e. The Hall–Kier alpha value is -8.64. The molecule has 1 aromatic carbocycles. The molecule has 3 aromatic rings. The maximum Gasteiger partial charge on any atom is 0.327 e. The number of nitrogen functional groups attached to an aromatic ring is 1. The van der Waals surface area contributed by atoms with Crippen molar-refractivity contribution in [1.29, 1.82) is 0 Å². The van der Waals surface area contributed by atoms with Crippen LogP contribution in [-0.4, -0.2) is 155 Å². The quantitative estimate of drug-likeness (QED) is 0.0140. The fourth-order valence-corrected chi connectivity index (χ4v) is 6.08. The first-order chi connectivity index (χ1) is 32.6. The van der Waals surface area contributed by atoms with Crippen LogP contribution in [0, 0.1) is 0 Å². The number of carboxylic acids is 4. The highest BCUT2D eigenvalue weighted by Crippen LogP contribution is 2.13. The molecule has 0 radical (unpaired) electrons. The highest BCUT2D eigenvalue weighted by molar-refractivity contribution is 7.80. The van der Waals surface area contributed by atoms with E-state index in [9.17, 15) is 68.1 Å². The monoisotopic (exact) mass is 987 g/mol. The van der Waals surface area contributed by atoms with Crippen LogP contribution in [0.1, 0.15) is 54.6 Å². The Morgan fingerprint density at radius 2 is 1.32 bits per heavy atom. The van der Waals surface area contributed by atoms with E-state index in [1.54, 1.807) is 0 Å². The Kier molecular flexibility index (Phi) is 21.0. The van der Waals surface area contributed by atoms with E-state index in [4.69, 9.17) is 22.3 Å². The molecule has 372 valence electrons. The molecule has 0 fully saturated rings. The lowest BCUT2D eigenvalue weighted by molar-refractivity contribution is -0.142. The molecule has 0 saturated carbocycles. The summed E-state index contributed by atoms with van der Waals surface area (Å²) in [6.45, 7) is -0.858. The lowest BCUT2D eigenvalue weighted by atomic mass is 10.1. The van der Waals surface area contributed by atoms with Crippen LogP contribution in [0.3, 0.4) is 0 Å². The maximum atomic E-state index is 13.5. The minimum Gasteiger partial charge on any atom is -0.481 e. The number of hydrogen-bond acceptors (Lipinski definition) is 18. The summed E-state index contributed by atoms with van der Waals surface area (Å²) >= 11 is 3.80. The van der Waals surface area contributed by atoms with Crippen molar-refractivity contribution in [3.05, 3.63) is 52.1 Å². The summed E-state index contributed by atoms with van der Waals surface area (Å²) in [6, 6.07) is -2.82. The van der Waals surface area contributed by atoms with Gasteiger partial charge in [0.1, 0.15) is 30.2 Å². The molecule has 0 aliphatic carbocycles. The number of nitrogens with two attached hydrogens (primary N) is 3. The lowest BCUT2D eigenvalue weighted by Crippen LogP contribution is -2.57. The summed E-state index contributed by atoms with van der Waals surface area (Å²) < 4.78 is 0. The molecule has 6 amide bonds. The van der Waals surface area contributed by atoms with E-state index in [1.165, 1.54) is 30.5 Å². The van der Waals surface area contributed by atoms with Gasteiger partial charge >= 0.3 is 23.9 Å². The van der Waals surface area contributed by atoms with Crippen molar-refractivity contribution in [3.63, 3.8) is 0 Å². The predicted octanol–water partition coefficient (Wildman–Crippen LogP) is -5.06. The molecule has 2 heterocycles. The fourth-order valence-electron chi connectivity index (χ4n) is 5.84. The van der Waals surface area contributed by atoms with Crippen LogP contribution in [-0.2, 0) is 49.7 Å². The molecule has 31 heteroatoms. The Morgan fingerprint density at radius 1 is 0.725 bits per heavy atom. The normalized spacial score (nSPS) is 12.9. The zero-order chi connectivity index (χ0) is 51.4. The molecule has 0 aliphatic rings. The number of guanidine groups is 1. The van der Waals surface area contributed by atoms with Crippen LogP contribution in [0.25, 0.3) is 11.2 Å². The van der Waals surface area contributed by atoms with E-state index in [1.807, 2.05) is 0 Å². The number of aliphatic carboxylic acids is 4. The average molecular weight is 988 g/mol. The maximum absolute atomic E-state index is 13.5. The summed E-state index contributed by atoms with van der Waals surface area (Å²) in [5, 5.41) is 53.8. The number of aliphatic imine (C=N–C) groups is 1. The molecule has 0 saturated heterocycles. The zero-order valence-corrected chi connectivity index (χ0v) is 37.0. The van der Waals surface area contributed by atoms with Crippen LogP contribution in [0.15, 0.2) is 40.2 Å². The van der Waals surface area contributed by atoms with Gasteiger partial charge in [0, 0.05) is 30.0 Å². The van der Waals surface area contributed by atoms with E-state index >= 15 is 0 Å². The summed E-state index contributed by atoms with van der Waals surface area (Å²) in [5.41, 5.74) is 16.5. The Labute approximate surface area is 393 Å². The van der Waals surface area contributed by atoms with Gasteiger partial charge in [-0.3, -0.25) is 53.1 Å². The van der Waals surface area contributed by atoms with Gasteiger partial charge in [-0.1, -0.05) is 0 Å². The molecule has 5 unspecified atom stereocenters. The van der Waals surface area contributed by atoms with Crippen molar-refractivity contribution in [3.8, 4) is 0 Å². The van der Waals surface area contributed by atoms with E-state index in [0.29, 0.717) is 11.4 Å². The molecule has 0 aliphatic heterocycles. The highest BCUT2D eigenvalue weighted by Gasteiger charge is 2.32. The number of rotatable bonds is 28. The Balaban J connectivity index is 1.65. The van der Waals surface area contributed by atoms with Gasteiger partial charge in [-0.2, -0.15) is 17.6 Å². The van der Waals surface area contributed by atoms with Crippen molar-refractivity contribution in [1.82, 2.24) is 51.8 Å². The summed E-state index contributed by atoms with van der Waals surface area (Å²) in [4.78, 5) is 155. The van der Waals surface area contributed by atoms with Crippen molar-refractivity contribution in [2.75, 3.05) is 29.9 Å². The first-order valence-corrected chi connectivity index (χ1v) is 20.9. The van der Waals surface area contributed by atoms with Crippen LogP contribution in [0.4, 0.5) is 11.6 Å². The molecular weight excluding hydrogens is 939 g/mol. The molecule has 0 spiro atoms.